The van der Waals surface area contributed by atoms with Crippen LogP contribution in [0.1, 0.15) is 0 Å². The van der Waals surface area contributed by atoms with Gasteiger partial charge in [0.05, 0.1) is 34.3 Å². The molecule has 1 saturated heterocycles. The highest BCUT2D eigenvalue weighted by molar-refractivity contribution is 5.88. The lowest BCUT2D eigenvalue weighted by atomic mass is 10.4. The van der Waals surface area contributed by atoms with E-state index in [1.165, 1.54) is 11.7 Å². The van der Waals surface area contributed by atoms with Crippen molar-refractivity contribution in [3.05, 3.63) is 11.9 Å². The molecule has 5 heteroatoms. The molecule has 1 fully saturated rings. The van der Waals surface area contributed by atoms with Gasteiger partial charge >= 0.3 is 0 Å². The van der Waals surface area contributed by atoms with Crippen LogP contribution in [0.4, 0.5) is 0 Å². The van der Waals surface area contributed by atoms with Crippen LogP contribution in [-0.2, 0) is 0 Å². The van der Waals surface area contributed by atoms with Gasteiger partial charge in [-0.25, -0.2) is 0 Å². The van der Waals surface area contributed by atoms with Gasteiger partial charge in [0.15, 0.2) is 0 Å². The lowest BCUT2D eigenvalue weighted by molar-refractivity contribution is -0.468. The fraction of sp³-hybridized carbons (Fsp3) is 0.727. The molecule has 4 nitrogen and oxygen atoms in total. The zero-order chi connectivity index (χ0) is 11.6. The first kappa shape index (κ1) is 15.1. The van der Waals surface area contributed by atoms with Crippen LogP contribution in [0.5, 0.6) is 0 Å². The minimum absolute atomic E-state index is 0. The van der Waals surface area contributed by atoms with Crippen molar-refractivity contribution in [2.24, 2.45) is 0 Å². The normalized spacial score (nSPS) is 14.8. The summed E-state index contributed by atoms with van der Waals surface area (Å²) in [6.45, 7) is 2.22. The average molecular weight is 247 g/mol. The Labute approximate surface area is 105 Å². The molecular weight excluding hydrogens is 224 g/mol. The second-order valence-electron chi connectivity index (χ2n) is 4.49. The van der Waals surface area contributed by atoms with Crippen molar-refractivity contribution in [2.45, 2.75) is 0 Å². The van der Waals surface area contributed by atoms with Gasteiger partial charge in [0.1, 0.15) is 5.82 Å². The first-order chi connectivity index (χ1) is 6.93. The molecule has 1 aliphatic rings. The van der Waals surface area contributed by atoms with E-state index < -0.39 is 0 Å². The minimum Gasteiger partial charge on any atom is -1.00 e. The summed E-state index contributed by atoms with van der Waals surface area (Å²) >= 11 is 0. The number of hydrogen-bond acceptors (Lipinski definition) is 2. The van der Waals surface area contributed by atoms with Gasteiger partial charge < -0.3 is 22.2 Å². The van der Waals surface area contributed by atoms with E-state index in [-0.39, 0.29) is 12.4 Å². The molecule has 0 amide bonds. The molecule has 0 aromatic rings. The zero-order valence-corrected chi connectivity index (χ0v) is 11.9. The SMILES string of the molecule is CN(C)C(C=C1N(C)CCN1C)=[N+](C)C.[Cl-]. The predicted molar refractivity (Wildman–Crippen MR) is 64.1 cm³/mol. The van der Waals surface area contributed by atoms with Crippen LogP contribution >= 0.6 is 0 Å². The third kappa shape index (κ3) is 3.30. The number of amidine groups is 1. The van der Waals surface area contributed by atoms with Crippen molar-refractivity contribution >= 4 is 5.84 Å². The maximum Gasteiger partial charge on any atom is 0.274 e. The molecule has 0 bridgehead atoms. The Morgan fingerprint density at radius 3 is 1.94 bits per heavy atom. The number of halogens is 1. The minimum atomic E-state index is 0. The van der Waals surface area contributed by atoms with Crippen LogP contribution in [0.15, 0.2) is 11.9 Å². The summed E-state index contributed by atoms with van der Waals surface area (Å²) in [6, 6.07) is 0. The van der Waals surface area contributed by atoms with Crippen LogP contribution in [0.25, 0.3) is 0 Å². The molecule has 0 aromatic heterocycles. The van der Waals surface area contributed by atoms with Crippen molar-refractivity contribution in [3.8, 4) is 0 Å². The molecule has 1 aliphatic heterocycles. The number of likely N-dealkylation sites (N-methyl/N-ethyl adjacent to an activating group) is 3. The molecule has 0 unspecified atom stereocenters. The summed E-state index contributed by atoms with van der Waals surface area (Å²) in [6.07, 6.45) is 2.23. The number of hydrogen-bond donors (Lipinski definition) is 0. The van der Waals surface area contributed by atoms with Gasteiger partial charge in [-0.1, -0.05) is 0 Å². The Morgan fingerprint density at radius 1 is 1.19 bits per heavy atom. The number of rotatable bonds is 1. The van der Waals surface area contributed by atoms with Gasteiger partial charge in [0.25, 0.3) is 5.84 Å². The third-order valence-electron chi connectivity index (χ3n) is 2.73. The quantitative estimate of drug-likeness (QED) is 0.277. The summed E-state index contributed by atoms with van der Waals surface area (Å²) < 4.78 is 2.13. The van der Waals surface area contributed by atoms with E-state index in [9.17, 15) is 0 Å². The molecular formula is C11H23ClN4. The zero-order valence-electron chi connectivity index (χ0n) is 11.2. The molecule has 0 spiro atoms. The largest absolute Gasteiger partial charge is 1.00 e. The topological polar surface area (TPSA) is 12.7 Å². The average Bonchev–Trinajstić information content (AvgIpc) is 2.42. The van der Waals surface area contributed by atoms with Crippen LogP contribution in [0, 0.1) is 0 Å². The van der Waals surface area contributed by atoms with E-state index in [4.69, 9.17) is 0 Å². The smallest absolute Gasteiger partial charge is 0.274 e. The van der Waals surface area contributed by atoms with Crippen molar-refractivity contribution in [2.75, 3.05) is 55.4 Å². The first-order valence-electron chi connectivity index (χ1n) is 5.29. The van der Waals surface area contributed by atoms with Crippen LogP contribution < -0.4 is 12.4 Å². The Hall–Kier alpha value is -0.900. The summed E-state index contributed by atoms with van der Waals surface area (Å²) in [5.41, 5.74) is 0. The predicted octanol–water partition coefficient (Wildman–Crippen LogP) is -3.06. The second-order valence-corrected chi connectivity index (χ2v) is 4.49. The summed E-state index contributed by atoms with van der Waals surface area (Å²) in [7, 11) is 12.6. The molecule has 0 N–H and O–H groups in total. The van der Waals surface area contributed by atoms with E-state index in [2.05, 4.69) is 67.6 Å². The van der Waals surface area contributed by atoms with E-state index in [1.54, 1.807) is 0 Å². The van der Waals surface area contributed by atoms with Gasteiger partial charge in [0.2, 0.25) is 0 Å². The maximum absolute atomic E-state index is 2.28. The van der Waals surface area contributed by atoms with Gasteiger partial charge in [0, 0.05) is 27.2 Å². The lowest BCUT2D eigenvalue weighted by Crippen LogP contribution is -3.00. The molecule has 0 saturated carbocycles. The second kappa shape index (κ2) is 5.99. The van der Waals surface area contributed by atoms with Crippen molar-refractivity contribution in [3.63, 3.8) is 0 Å². The van der Waals surface area contributed by atoms with Gasteiger partial charge in [-0.3, -0.25) is 9.48 Å². The fourth-order valence-electron chi connectivity index (χ4n) is 1.81. The summed E-state index contributed by atoms with van der Waals surface area (Å²) in [5.74, 6) is 2.50. The molecule has 16 heavy (non-hydrogen) atoms. The molecule has 1 rings (SSSR count). The van der Waals surface area contributed by atoms with Crippen molar-refractivity contribution < 1.29 is 17.0 Å². The first-order valence-corrected chi connectivity index (χ1v) is 5.29. The Balaban J connectivity index is 0.00000225. The lowest BCUT2D eigenvalue weighted by Gasteiger charge is -2.18. The Morgan fingerprint density at radius 2 is 1.62 bits per heavy atom. The monoisotopic (exact) mass is 246 g/mol. The third-order valence-corrected chi connectivity index (χ3v) is 2.73. The van der Waals surface area contributed by atoms with E-state index in [0.29, 0.717) is 0 Å². The Kier molecular flexibility index (Phi) is 5.65. The molecule has 0 radical (unpaired) electrons. The standard InChI is InChI=1S/C11H23N4.ClH/c1-12(2)10(13(3)4)9-11-14(5)7-8-15(11)6;/h9H,7-8H2,1-6H3;1H/q+1;/p-1. The summed E-state index contributed by atoms with van der Waals surface area (Å²) in [4.78, 5) is 6.70. The summed E-state index contributed by atoms with van der Waals surface area (Å²) in [5, 5.41) is 0. The highest BCUT2D eigenvalue weighted by Gasteiger charge is 2.21. The molecule has 94 valence electrons. The molecule has 0 aliphatic carbocycles. The van der Waals surface area contributed by atoms with E-state index in [1.807, 2.05) is 0 Å². The molecule has 1 heterocycles. The fourth-order valence-corrected chi connectivity index (χ4v) is 1.81. The maximum atomic E-state index is 2.28. The number of nitrogens with zero attached hydrogens (tertiary/aromatic N) is 4. The van der Waals surface area contributed by atoms with Gasteiger partial charge in [-0.05, 0) is 0 Å². The van der Waals surface area contributed by atoms with Crippen molar-refractivity contribution in [1.82, 2.24) is 14.7 Å². The highest BCUT2D eigenvalue weighted by atomic mass is 35.5. The Bertz CT molecular complexity index is 280. The molecule has 0 atom stereocenters. The van der Waals surface area contributed by atoms with Crippen LogP contribution in [-0.4, -0.2) is 80.5 Å². The van der Waals surface area contributed by atoms with Crippen LogP contribution in [0.3, 0.4) is 0 Å². The highest BCUT2D eigenvalue weighted by Crippen LogP contribution is 2.13. The van der Waals surface area contributed by atoms with Crippen LogP contribution in [0.2, 0.25) is 0 Å². The van der Waals surface area contributed by atoms with E-state index >= 15 is 0 Å². The van der Waals surface area contributed by atoms with Crippen molar-refractivity contribution in [1.29, 1.82) is 0 Å². The van der Waals surface area contributed by atoms with Gasteiger partial charge in [-0.15, -0.1) is 0 Å². The van der Waals surface area contributed by atoms with Gasteiger partial charge in [-0.2, -0.15) is 0 Å². The van der Waals surface area contributed by atoms with E-state index in [0.717, 1.165) is 13.1 Å². The molecule has 0 aromatic carbocycles.